The van der Waals surface area contributed by atoms with Gasteiger partial charge in [0.25, 0.3) is 0 Å². The average Bonchev–Trinajstić information content (AvgIpc) is 3.04. The van der Waals surface area contributed by atoms with Crippen LogP contribution in [0.2, 0.25) is 0 Å². The number of thioether (sulfide) groups is 1. The van der Waals surface area contributed by atoms with Crippen LogP contribution in [0.15, 0.2) is 84.0 Å². The van der Waals surface area contributed by atoms with Crippen LogP contribution in [0.1, 0.15) is 38.0 Å². The minimum Gasteiger partial charge on any atom is -0.457 e. The van der Waals surface area contributed by atoms with Gasteiger partial charge in [0.05, 0.1) is 0 Å². The van der Waals surface area contributed by atoms with Crippen molar-refractivity contribution in [2.45, 2.75) is 37.6 Å². The lowest BCUT2D eigenvalue weighted by molar-refractivity contribution is 0.225. The molecule has 5 rings (SSSR count). The third kappa shape index (κ3) is 5.15. The van der Waals surface area contributed by atoms with Crippen molar-refractivity contribution in [3.63, 3.8) is 0 Å². The van der Waals surface area contributed by atoms with Crippen LogP contribution in [-0.4, -0.2) is 20.9 Å². The molecule has 1 aliphatic rings. The number of ether oxygens (including phenoxy) is 2. The average molecular weight is 471 g/mol. The zero-order valence-corrected chi connectivity index (χ0v) is 19.8. The highest BCUT2D eigenvalue weighted by molar-refractivity contribution is 7.99. The van der Waals surface area contributed by atoms with E-state index in [-0.39, 0.29) is 0 Å². The summed E-state index contributed by atoms with van der Waals surface area (Å²) in [5.74, 6) is 2.96. The van der Waals surface area contributed by atoms with Gasteiger partial charge in [0.1, 0.15) is 11.5 Å². The summed E-state index contributed by atoms with van der Waals surface area (Å²) in [6.07, 6.45) is 3.05. The number of benzene rings is 3. The van der Waals surface area contributed by atoms with Gasteiger partial charge in [0.2, 0.25) is 11.0 Å². The number of hydrogen-bond acceptors (Lipinski definition) is 7. The van der Waals surface area contributed by atoms with E-state index < -0.39 is 6.23 Å². The number of hydrogen-bond donors (Lipinski definition) is 1. The Morgan fingerprint density at radius 3 is 2.62 bits per heavy atom. The highest BCUT2D eigenvalue weighted by Crippen LogP contribution is 2.40. The van der Waals surface area contributed by atoms with Gasteiger partial charge >= 0.3 is 0 Å². The van der Waals surface area contributed by atoms with Crippen molar-refractivity contribution in [2.75, 3.05) is 11.1 Å². The lowest BCUT2D eigenvalue weighted by Gasteiger charge is -2.20. The molecule has 0 saturated heterocycles. The van der Waals surface area contributed by atoms with E-state index in [1.165, 1.54) is 12.8 Å². The number of nitrogens with one attached hydrogen (secondary N) is 1. The van der Waals surface area contributed by atoms with E-state index in [9.17, 15) is 0 Å². The second kappa shape index (κ2) is 10.6. The highest BCUT2D eigenvalue weighted by Gasteiger charge is 2.26. The molecule has 0 spiro atoms. The fourth-order valence-corrected chi connectivity index (χ4v) is 4.52. The molecule has 0 bridgehead atoms. The molecule has 4 aromatic rings. The van der Waals surface area contributed by atoms with E-state index in [0.717, 1.165) is 40.5 Å². The third-order valence-corrected chi connectivity index (χ3v) is 6.38. The molecule has 34 heavy (non-hydrogen) atoms. The quantitative estimate of drug-likeness (QED) is 0.217. The summed E-state index contributed by atoms with van der Waals surface area (Å²) in [7, 11) is 0. The maximum Gasteiger partial charge on any atom is 0.247 e. The van der Waals surface area contributed by atoms with Crippen molar-refractivity contribution in [1.29, 1.82) is 0 Å². The minimum absolute atomic E-state index is 0.462. The molecular weight excluding hydrogens is 444 g/mol. The second-order valence-electron chi connectivity index (χ2n) is 7.98. The predicted molar refractivity (Wildman–Crippen MR) is 135 cm³/mol. The number of unbranched alkanes of at least 4 members (excludes halogenated alkanes) is 2. The topological polar surface area (TPSA) is 69.2 Å². The third-order valence-electron chi connectivity index (χ3n) is 5.45. The molecule has 1 aromatic heterocycles. The Balaban J connectivity index is 1.45. The van der Waals surface area contributed by atoms with E-state index >= 15 is 0 Å². The largest absolute Gasteiger partial charge is 0.457 e. The van der Waals surface area contributed by atoms with Crippen molar-refractivity contribution in [3.8, 4) is 28.6 Å². The maximum absolute atomic E-state index is 6.41. The molecule has 0 fully saturated rings. The summed E-state index contributed by atoms with van der Waals surface area (Å²) in [5, 5.41) is 13.0. The maximum atomic E-state index is 6.41. The van der Waals surface area contributed by atoms with Crippen LogP contribution in [0.25, 0.3) is 11.3 Å². The van der Waals surface area contributed by atoms with Crippen LogP contribution in [0.3, 0.4) is 0 Å². The Kier molecular flexibility index (Phi) is 6.91. The molecule has 0 saturated carbocycles. The highest BCUT2D eigenvalue weighted by atomic mass is 32.2. The number of fused-ring (bicyclic) bond motifs is 3. The van der Waals surface area contributed by atoms with Crippen LogP contribution in [0.5, 0.6) is 17.4 Å². The summed E-state index contributed by atoms with van der Waals surface area (Å²) in [5.41, 5.74) is 3.39. The number of anilines is 1. The fourth-order valence-electron chi connectivity index (χ4n) is 3.74. The zero-order chi connectivity index (χ0) is 23.2. The molecule has 172 valence electrons. The van der Waals surface area contributed by atoms with E-state index in [1.54, 1.807) is 11.8 Å². The van der Waals surface area contributed by atoms with Crippen LogP contribution < -0.4 is 14.8 Å². The first-order valence-electron chi connectivity index (χ1n) is 11.5. The Hall–Kier alpha value is -3.58. The van der Waals surface area contributed by atoms with Crippen molar-refractivity contribution >= 4 is 17.4 Å². The smallest absolute Gasteiger partial charge is 0.247 e. The van der Waals surface area contributed by atoms with Crippen LogP contribution in [0.4, 0.5) is 5.69 Å². The van der Waals surface area contributed by atoms with Gasteiger partial charge in [-0.2, -0.15) is 4.98 Å². The van der Waals surface area contributed by atoms with Gasteiger partial charge in [-0.15, -0.1) is 10.2 Å². The SMILES string of the molecule is CCCCCSc1nnc2c(n1)O[C@@H](c1cccc(Oc3ccccc3)c1)Nc1ccccc1-2. The van der Waals surface area contributed by atoms with Crippen molar-refractivity contribution in [1.82, 2.24) is 15.2 Å². The van der Waals surface area contributed by atoms with Crippen LogP contribution in [0, 0.1) is 0 Å². The monoisotopic (exact) mass is 470 g/mol. The fraction of sp³-hybridized carbons (Fsp3) is 0.222. The first-order valence-corrected chi connectivity index (χ1v) is 12.5. The number of aromatic nitrogens is 3. The van der Waals surface area contributed by atoms with Gasteiger partial charge in [-0.05, 0) is 36.8 Å². The van der Waals surface area contributed by atoms with Gasteiger partial charge in [0.15, 0.2) is 11.9 Å². The lowest BCUT2D eigenvalue weighted by atomic mass is 10.1. The summed E-state index contributed by atoms with van der Waals surface area (Å²) in [6.45, 7) is 2.20. The van der Waals surface area contributed by atoms with Crippen molar-refractivity contribution in [2.24, 2.45) is 0 Å². The van der Waals surface area contributed by atoms with E-state index in [2.05, 4.69) is 22.4 Å². The van der Waals surface area contributed by atoms with Crippen molar-refractivity contribution < 1.29 is 9.47 Å². The molecule has 0 radical (unpaired) electrons. The molecule has 1 N–H and O–H groups in total. The predicted octanol–water partition coefficient (Wildman–Crippen LogP) is 7.12. The zero-order valence-electron chi connectivity index (χ0n) is 19.0. The van der Waals surface area contributed by atoms with E-state index in [1.807, 2.05) is 78.9 Å². The number of nitrogens with zero attached hydrogens (tertiary/aromatic N) is 3. The van der Waals surface area contributed by atoms with Gasteiger partial charge < -0.3 is 14.8 Å². The summed E-state index contributed by atoms with van der Waals surface area (Å²) >= 11 is 1.62. The molecule has 1 atom stereocenters. The second-order valence-corrected chi connectivity index (χ2v) is 9.04. The normalized spacial score (nSPS) is 14.2. The molecule has 3 aromatic carbocycles. The van der Waals surface area contributed by atoms with Crippen LogP contribution >= 0.6 is 11.8 Å². The number of rotatable bonds is 8. The van der Waals surface area contributed by atoms with Gasteiger partial charge in [-0.1, -0.05) is 80.1 Å². The molecule has 7 heteroatoms. The Bertz CT molecular complexity index is 1250. The Morgan fingerprint density at radius 2 is 1.74 bits per heavy atom. The molecular formula is C27H26N4O2S. The van der Waals surface area contributed by atoms with Gasteiger partial charge in [0, 0.05) is 22.6 Å². The molecule has 0 unspecified atom stereocenters. The minimum atomic E-state index is -0.462. The van der Waals surface area contributed by atoms with Crippen molar-refractivity contribution in [3.05, 3.63) is 84.4 Å². The summed E-state index contributed by atoms with van der Waals surface area (Å²) in [4.78, 5) is 4.73. The molecule has 6 nitrogen and oxygen atoms in total. The first kappa shape index (κ1) is 22.2. The van der Waals surface area contributed by atoms with E-state index in [0.29, 0.717) is 16.7 Å². The summed E-state index contributed by atoms with van der Waals surface area (Å²) < 4.78 is 12.4. The molecule has 0 amide bonds. The Morgan fingerprint density at radius 1 is 0.912 bits per heavy atom. The van der Waals surface area contributed by atoms with Crippen LogP contribution in [-0.2, 0) is 0 Å². The molecule has 1 aliphatic heterocycles. The van der Waals surface area contributed by atoms with E-state index in [4.69, 9.17) is 14.5 Å². The molecule has 2 heterocycles. The standard InChI is InChI=1S/C27H26N4O2S/c1-2-3-9-17-34-27-29-26-24(30-31-27)22-15-7-8-16-23(22)28-25(33-26)19-11-10-14-21(18-19)32-20-12-5-4-6-13-20/h4-8,10-16,18,25,28H,2-3,9,17H2,1H3/t25-/m0/s1. The lowest BCUT2D eigenvalue weighted by Crippen LogP contribution is -2.17. The van der Waals surface area contributed by atoms with Gasteiger partial charge in [-0.3, -0.25) is 0 Å². The molecule has 0 aliphatic carbocycles. The Labute approximate surface area is 203 Å². The summed E-state index contributed by atoms with van der Waals surface area (Å²) in [6, 6.07) is 25.6. The first-order chi connectivity index (χ1) is 16.8. The number of para-hydroxylation sites is 2. The van der Waals surface area contributed by atoms with Gasteiger partial charge in [-0.25, -0.2) is 0 Å².